The molecule has 0 bridgehead atoms. The maximum absolute atomic E-state index is 10.7. The molecule has 0 fully saturated rings. The molecule has 0 atom stereocenters. The van der Waals surface area contributed by atoms with E-state index in [2.05, 4.69) is 4.74 Å². The SMILES string of the molecule is CC(C)COc1ccccc1C(=O)[O-].O=C([O-])Oc1ccccc1. The van der Waals surface area contributed by atoms with E-state index < -0.39 is 12.1 Å². The molecule has 0 heterocycles. The molecule has 6 heteroatoms. The van der Waals surface area contributed by atoms with E-state index in [1.165, 1.54) is 18.2 Å². The summed E-state index contributed by atoms with van der Waals surface area (Å²) in [6.07, 6.45) is -1.54. The Hall–Kier alpha value is -3.02. The van der Waals surface area contributed by atoms with Crippen molar-refractivity contribution in [1.82, 2.24) is 0 Å². The third-order valence-corrected chi connectivity index (χ3v) is 2.62. The lowest BCUT2D eigenvalue weighted by atomic mass is 10.2. The van der Waals surface area contributed by atoms with Crippen molar-refractivity contribution in [2.75, 3.05) is 6.61 Å². The minimum absolute atomic E-state index is 0.105. The second-order valence-corrected chi connectivity index (χ2v) is 5.15. The summed E-state index contributed by atoms with van der Waals surface area (Å²) < 4.78 is 9.56. The van der Waals surface area contributed by atoms with Crippen LogP contribution in [0.4, 0.5) is 4.79 Å². The largest absolute Gasteiger partial charge is 0.545 e. The van der Waals surface area contributed by atoms with Crippen LogP contribution < -0.4 is 19.7 Å². The average Bonchev–Trinajstić information content (AvgIpc) is 2.54. The zero-order chi connectivity index (χ0) is 17.9. The van der Waals surface area contributed by atoms with Gasteiger partial charge in [0, 0.05) is 5.56 Å². The molecule has 0 aromatic heterocycles. The van der Waals surface area contributed by atoms with Gasteiger partial charge in [-0.15, -0.1) is 0 Å². The van der Waals surface area contributed by atoms with Crippen molar-refractivity contribution >= 4 is 12.1 Å². The molecule has 2 rings (SSSR count). The van der Waals surface area contributed by atoms with Crippen LogP contribution in [0.15, 0.2) is 54.6 Å². The topological polar surface area (TPSA) is 98.7 Å². The van der Waals surface area contributed by atoms with E-state index in [9.17, 15) is 19.8 Å². The van der Waals surface area contributed by atoms with Gasteiger partial charge in [0.15, 0.2) is 0 Å². The number of carbonyl (C=O) groups excluding carboxylic acids is 2. The predicted octanol–water partition coefficient (Wildman–Crippen LogP) is 1.49. The van der Waals surface area contributed by atoms with Gasteiger partial charge in [-0.05, 0) is 30.2 Å². The summed E-state index contributed by atoms with van der Waals surface area (Å²) in [6, 6.07) is 14.7. The van der Waals surface area contributed by atoms with Crippen molar-refractivity contribution in [3.63, 3.8) is 0 Å². The van der Waals surface area contributed by atoms with Crippen LogP contribution in [-0.4, -0.2) is 18.7 Å². The Bertz CT molecular complexity index is 652. The molecule has 0 aliphatic rings. The summed E-state index contributed by atoms with van der Waals surface area (Å²) in [5, 5.41) is 20.5. The summed E-state index contributed by atoms with van der Waals surface area (Å²) in [7, 11) is 0. The summed E-state index contributed by atoms with van der Waals surface area (Å²) in [5.41, 5.74) is 0.105. The van der Waals surface area contributed by atoms with Crippen LogP contribution in [0.1, 0.15) is 24.2 Å². The zero-order valence-electron chi connectivity index (χ0n) is 13.4. The molecule has 0 aliphatic carbocycles. The van der Waals surface area contributed by atoms with Gasteiger partial charge >= 0.3 is 0 Å². The van der Waals surface area contributed by atoms with Gasteiger partial charge in [0.05, 0.1) is 18.3 Å². The van der Waals surface area contributed by atoms with Gasteiger partial charge < -0.3 is 29.3 Å². The summed E-state index contributed by atoms with van der Waals surface area (Å²) >= 11 is 0. The molecule has 0 saturated heterocycles. The van der Waals surface area contributed by atoms with Crippen LogP contribution in [0, 0.1) is 5.92 Å². The summed E-state index contributed by atoms with van der Waals surface area (Å²) in [4.78, 5) is 20.5. The molecule has 0 amide bonds. The molecule has 2 aromatic rings. The normalized spacial score (nSPS) is 9.62. The van der Waals surface area contributed by atoms with Crippen molar-refractivity contribution in [2.24, 2.45) is 5.92 Å². The third-order valence-electron chi connectivity index (χ3n) is 2.62. The number of benzene rings is 2. The third kappa shape index (κ3) is 7.31. The van der Waals surface area contributed by atoms with E-state index in [1.54, 1.807) is 36.4 Å². The monoisotopic (exact) mass is 330 g/mol. The number of carboxylic acid groups (broad SMARTS) is 2. The second-order valence-electron chi connectivity index (χ2n) is 5.15. The van der Waals surface area contributed by atoms with Crippen LogP contribution in [0.25, 0.3) is 0 Å². The molecule has 0 unspecified atom stereocenters. The number of ether oxygens (including phenoxy) is 2. The first-order chi connectivity index (χ1) is 11.4. The fourth-order valence-corrected chi connectivity index (χ4v) is 1.60. The zero-order valence-corrected chi connectivity index (χ0v) is 13.4. The molecule has 24 heavy (non-hydrogen) atoms. The summed E-state index contributed by atoms with van der Waals surface area (Å²) in [5.74, 6) is -0.183. The standard InChI is InChI=1S/C11H14O3.C7H6O3/c1-8(2)7-14-10-6-4-3-5-9(10)11(12)13;8-7(9)10-6-4-2-1-3-5-6/h3-6,8H,7H2,1-2H3,(H,12,13);1-5H,(H,8,9)/p-2. The van der Waals surface area contributed by atoms with E-state index in [4.69, 9.17) is 4.74 Å². The number of carbonyl (C=O) groups is 2. The van der Waals surface area contributed by atoms with Crippen molar-refractivity contribution in [3.05, 3.63) is 60.2 Å². The lowest BCUT2D eigenvalue weighted by Gasteiger charge is -2.13. The summed E-state index contributed by atoms with van der Waals surface area (Å²) in [6.45, 7) is 4.51. The Morgan fingerprint density at radius 3 is 2.08 bits per heavy atom. The first-order valence-corrected chi connectivity index (χ1v) is 7.27. The van der Waals surface area contributed by atoms with Gasteiger partial charge in [0.25, 0.3) is 6.16 Å². The number of rotatable bonds is 5. The molecule has 6 nitrogen and oxygen atoms in total. The maximum Gasteiger partial charge on any atom is 0.257 e. The van der Waals surface area contributed by atoms with E-state index in [-0.39, 0.29) is 11.3 Å². The van der Waals surface area contributed by atoms with Crippen molar-refractivity contribution < 1.29 is 29.3 Å². The number of hydrogen-bond donors (Lipinski definition) is 0. The van der Waals surface area contributed by atoms with Crippen molar-refractivity contribution in [1.29, 1.82) is 0 Å². The van der Waals surface area contributed by atoms with Gasteiger partial charge in [0.1, 0.15) is 5.75 Å². The number of carboxylic acids is 1. The molecule has 0 saturated carbocycles. The highest BCUT2D eigenvalue weighted by Crippen LogP contribution is 2.17. The Morgan fingerprint density at radius 2 is 1.54 bits per heavy atom. The van der Waals surface area contributed by atoms with Gasteiger partial charge in [0.2, 0.25) is 0 Å². The first-order valence-electron chi connectivity index (χ1n) is 7.27. The minimum Gasteiger partial charge on any atom is -0.545 e. The fraction of sp³-hybridized carbons (Fsp3) is 0.222. The molecular weight excluding hydrogens is 312 g/mol. The average molecular weight is 330 g/mol. The molecule has 0 spiro atoms. The quantitative estimate of drug-likeness (QED) is 0.608. The van der Waals surface area contributed by atoms with E-state index in [0.29, 0.717) is 18.3 Å². The number of hydrogen-bond acceptors (Lipinski definition) is 6. The van der Waals surface area contributed by atoms with E-state index in [1.807, 2.05) is 13.8 Å². The molecule has 2 aromatic carbocycles. The van der Waals surface area contributed by atoms with E-state index >= 15 is 0 Å². The number of para-hydroxylation sites is 2. The Kier molecular flexibility index (Phi) is 7.84. The van der Waals surface area contributed by atoms with Gasteiger partial charge in [-0.3, -0.25) is 0 Å². The van der Waals surface area contributed by atoms with Crippen LogP contribution in [-0.2, 0) is 0 Å². The van der Waals surface area contributed by atoms with Crippen LogP contribution in [0.2, 0.25) is 0 Å². The Morgan fingerprint density at radius 1 is 0.958 bits per heavy atom. The molecular formula is C18H18O6-2. The molecule has 0 radical (unpaired) electrons. The van der Waals surface area contributed by atoms with Gasteiger partial charge in [-0.25, -0.2) is 0 Å². The lowest BCUT2D eigenvalue weighted by Crippen LogP contribution is -2.26. The van der Waals surface area contributed by atoms with Gasteiger partial charge in [-0.2, -0.15) is 0 Å². The van der Waals surface area contributed by atoms with Crippen LogP contribution in [0.3, 0.4) is 0 Å². The second kappa shape index (κ2) is 9.89. The molecule has 0 N–H and O–H groups in total. The molecule has 0 aliphatic heterocycles. The van der Waals surface area contributed by atoms with Crippen LogP contribution in [0.5, 0.6) is 11.5 Å². The fourth-order valence-electron chi connectivity index (χ4n) is 1.60. The predicted molar refractivity (Wildman–Crippen MR) is 83.6 cm³/mol. The van der Waals surface area contributed by atoms with Crippen molar-refractivity contribution in [3.8, 4) is 11.5 Å². The Balaban J connectivity index is 0.000000254. The number of aromatic carboxylic acids is 1. The Labute approximate surface area is 140 Å². The highest BCUT2D eigenvalue weighted by atomic mass is 16.7. The van der Waals surface area contributed by atoms with Crippen LogP contribution >= 0.6 is 0 Å². The smallest absolute Gasteiger partial charge is 0.257 e. The first kappa shape index (κ1) is 19.0. The lowest BCUT2D eigenvalue weighted by molar-refractivity contribution is -0.271. The maximum atomic E-state index is 10.7. The highest BCUT2D eigenvalue weighted by Gasteiger charge is 2.04. The molecule has 128 valence electrons. The van der Waals surface area contributed by atoms with Gasteiger partial charge in [-0.1, -0.05) is 44.2 Å². The van der Waals surface area contributed by atoms with Crippen molar-refractivity contribution in [2.45, 2.75) is 13.8 Å². The highest BCUT2D eigenvalue weighted by molar-refractivity contribution is 5.89. The van der Waals surface area contributed by atoms with E-state index in [0.717, 1.165) is 0 Å². The minimum atomic E-state index is -1.54.